The van der Waals surface area contributed by atoms with Gasteiger partial charge in [-0.15, -0.1) is 0 Å². The predicted octanol–water partition coefficient (Wildman–Crippen LogP) is 2.46. The summed E-state index contributed by atoms with van der Waals surface area (Å²) in [6, 6.07) is 6.00. The lowest BCUT2D eigenvalue weighted by Crippen LogP contribution is -2.21. The maximum absolute atomic E-state index is 4.17. The summed E-state index contributed by atoms with van der Waals surface area (Å²) in [6.07, 6.45) is 4.22. The van der Waals surface area contributed by atoms with Gasteiger partial charge in [0.25, 0.3) is 0 Å². The third-order valence-electron chi connectivity index (χ3n) is 2.23. The molecular weight excluding hydrogens is 172 g/mol. The zero-order valence-electron chi connectivity index (χ0n) is 9.21. The fraction of sp³-hybridized carbons (Fsp3) is 0.583. The van der Waals surface area contributed by atoms with Gasteiger partial charge in [-0.3, -0.25) is 4.98 Å². The van der Waals surface area contributed by atoms with Crippen molar-refractivity contribution in [1.82, 2.24) is 10.3 Å². The van der Waals surface area contributed by atoms with Gasteiger partial charge in [0.1, 0.15) is 0 Å². The Bertz CT molecular complexity index is 225. The Morgan fingerprint density at radius 2 is 1.57 bits per heavy atom. The van der Waals surface area contributed by atoms with Crippen molar-refractivity contribution in [3.8, 4) is 0 Å². The number of aromatic nitrogens is 1. The maximum atomic E-state index is 4.17. The number of nitrogens with zero attached hydrogens (tertiary/aromatic N) is 1. The fourth-order valence-electron chi connectivity index (χ4n) is 1.48. The number of rotatable bonds is 0. The fourth-order valence-corrected chi connectivity index (χ4v) is 1.48. The van der Waals surface area contributed by atoms with E-state index in [1.165, 1.54) is 32.4 Å². The zero-order chi connectivity index (χ0) is 10.2. The van der Waals surface area contributed by atoms with Crippen molar-refractivity contribution in [2.75, 3.05) is 13.1 Å². The van der Waals surface area contributed by atoms with E-state index in [1.54, 1.807) is 0 Å². The molecule has 2 heteroatoms. The first-order chi connectivity index (χ1) is 6.79. The first kappa shape index (κ1) is 11.2. The number of hydrogen-bond acceptors (Lipinski definition) is 2. The van der Waals surface area contributed by atoms with Crippen LogP contribution in [0.5, 0.6) is 0 Å². The van der Waals surface area contributed by atoms with Crippen molar-refractivity contribution in [3.63, 3.8) is 0 Å². The van der Waals surface area contributed by atoms with Crippen LogP contribution < -0.4 is 5.32 Å². The van der Waals surface area contributed by atoms with Crippen molar-refractivity contribution in [2.45, 2.75) is 33.1 Å². The van der Waals surface area contributed by atoms with E-state index < -0.39 is 0 Å². The van der Waals surface area contributed by atoms with Crippen molar-refractivity contribution in [3.05, 3.63) is 29.6 Å². The smallest absolute Gasteiger partial charge is 0.0375 e. The third kappa shape index (κ3) is 4.97. The van der Waals surface area contributed by atoms with E-state index >= 15 is 0 Å². The summed E-state index contributed by atoms with van der Waals surface area (Å²) in [5.74, 6) is 0. The van der Waals surface area contributed by atoms with Gasteiger partial charge in [-0.2, -0.15) is 0 Å². The second kappa shape index (κ2) is 6.55. The number of hydrogen-bond donors (Lipinski definition) is 1. The van der Waals surface area contributed by atoms with Gasteiger partial charge < -0.3 is 5.32 Å². The quantitative estimate of drug-likeness (QED) is 0.683. The van der Waals surface area contributed by atoms with Crippen LogP contribution in [0, 0.1) is 13.8 Å². The van der Waals surface area contributed by atoms with E-state index in [2.05, 4.69) is 10.3 Å². The van der Waals surface area contributed by atoms with Crippen molar-refractivity contribution >= 4 is 0 Å². The molecular formula is C12H20N2. The van der Waals surface area contributed by atoms with E-state index in [9.17, 15) is 0 Å². The molecule has 2 heterocycles. The SMILES string of the molecule is C1CCNCC1.Cc1cccc(C)n1. The molecule has 1 aromatic rings. The highest BCUT2D eigenvalue weighted by Gasteiger charge is 1.93. The summed E-state index contributed by atoms with van der Waals surface area (Å²) in [6.45, 7) is 6.49. The molecule has 0 atom stereocenters. The molecule has 0 saturated carbocycles. The molecule has 1 aromatic heterocycles. The van der Waals surface area contributed by atoms with Gasteiger partial charge in [-0.25, -0.2) is 0 Å². The van der Waals surface area contributed by atoms with Gasteiger partial charge in [-0.05, 0) is 51.9 Å². The Morgan fingerprint density at radius 1 is 1.00 bits per heavy atom. The molecule has 2 nitrogen and oxygen atoms in total. The average Bonchev–Trinajstić information content (AvgIpc) is 2.21. The molecule has 1 N–H and O–H groups in total. The molecule has 78 valence electrons. The van der Waals surface area contributed by atoms with Gasteiger partial charge in [0, 0.05) is 11.4 Å². The molecule has 0 aromatic carbocycles. The van der Waals surface area contributed by atoms with Gasteiger partial charge >= 0.3 is 0 Å². The summed E-state index contributed by atoms with van der Waals surface area (Å²) >= 11 is 0. The molecule has 0 amide bonds. The standard InChI is InChI=1S/C7H9N.C5H11N/c1-6-4-3-5-7(2)8-6;1-2-4-6-5-3-1/h3-5H,1-2H3;6H,1-5H2. The highest BCUT2D eigenvalue weighted by molar-refractivity contribution is 5.07. The van der Waals surface area contributed by atoms with Crippen LogP contribution >= 0.6 is 0 Å². The lowest BCUT2D eigenvalue weighted by atomic mass is 10.2. The topological polar surface area (TPSA) is 24.9 Å². The summed E-state index contributed by atoms with van der Waals surface area (Å²) in [4.78, 5) is 4.17. The zero-order valence-corrected chi connectivity index (χ0v) is 9.21. The molecule has 2 rings (SSSR count). The second-order valence-corrected chi connectivity index (χ2v) is 3.73. The molecule has 1 saturated heterocycles. The molecule has 0 unspecified atom stereocenters. The Kier molecular flexibility index (Phi) is 5.23. The lowest BCUT2D eigenvalue weighted by molar-refractivity contribution is 0.520. The van der Waals surface area contributed by atoms with E-state index in [0.717, 1.165) is 11.4 Å². The highest BCUT2D eigenvalue weighted by Crippen LogP contribution is 1.96. The van der Waals surface area contributed by atoms with E-state index in [-0.39, 0.29) is 0 Å². The van der Waals surface area contributed by atoms with Crippen molar-refractivity contribution < 1.29 is 0 Å². The van der Waals surface area contributed by atoms with E-state index in [4.69, 9.17) is 0 Å². The van der Waals surface area contributed by atoms with Crippen LogP contribution in [0.25, 0.3) is 0 Å². The van der Waals surface area contributed by atoms with Gasteiger partial charge in [0.2, 0.25) is 0 Å². The van der Waals surface area contributed by atoms with Crippen LogP contribution in [0.1, 0.15) is 30.7 Å². The van der Waals surface area contributed by atoms with Gasteiger partial charge in [0.05, 0.1) is 0 Å². The molecule has 0 aliphatic carbocycles. The monoisotopic (exact) mass is 192 g/mol. The summed E-state index contributed by atoms with van der Waals surface area (Å²) in [5, 5.41) is 3.28. The van der Waals surface area contributed by atoms with E-state index in [0.29, 0.717) is 0 Å². The lowest BCUT2D eigenvalue weighted by Gasteiger charge is -2.08. The Morgan fingerprint density at radius 3 is 1.79 bits per heavy atom. The maximum Gasteiger partial charge on any atom is 0.0375 e. The Balaban J connectivity index is 0.000000146. The molecule has 0 bridgehead atoms. The first-order valence-corrected chi connectivity index (χ1v) is 5.40. The number of aryl methyl sites for hydroxylation is 2. The minimum atomic E-state index is 1.09. The van der Waals surface area contributed by atoms with Crippen LogP contribution in [0.15, 0.2) is 18.2 Å². The van der Waals surface area contributed by atoms with Crippen LogP contribution in [0.4, 0.5) is 0 Å². The predicted molar refractivity (Wildman–Crippen MR) is 60.4 cm³/mol. The first-order valence-electron chi connectivity index (χ1n) is 5.40. The van der Waals surface area contributed by atoms with Crippen LogP contribution in [0.2, 0.25) is 0 Å². The largest absolute Gasteiger partial charge is 0.317 e. The Hall–Kier alpha value is -0.890. The van der Waals surface area contributed by atoms with Crippen LogP contribution in [0.3, 0.4) is 0 Å². The van der Waals surface area contributed by atoms with Crippen LogP contribution in [-0.2, 0) is 0 Å². The highest BCUT2D eigenvalue weighted by atomic mass is 14.9. The number of piperidine rings is 1. The van der Waals surface area contributed by atoms with Gasteiger partial charge in [-0.1, -0.05) is 12.5 Å². The third-order valence-corrected chi connectivity index (χ3v) is 2.23. The second-order valence-electron chi connectivity index (χ2n) is 3.73. The van der Waals surface area contributed by atoms with Crippen molar-refractivity contribution in [1.29, 1.82) is 0 Å². The number of nitrogens with one attached hydrogen (secondary N) is 1. The molecule has 1 aliphatic rings. The van der Waals surface area contributed by atoms with Crippen LogP contribution in [-0.4, -0.2) is 18.1 Å². The van der Waals surface area contributed by atoms with Gasteiger partial charge in [0.15, 0.2) is 0 Å². The summed E-state index contributed by atoms with van der Waals surface area (Å²) in [7, 11) is 0. The molecule has 0 spiro atoms. The average molecular weight is 192 g/mol. The molecule has 1 aliphatic heterocycles. The summed E-state index contributed by atoms with van der Waals surface area (Å²) < 4.78 is 0. The minimum Gasteiger partial charge on any atom is -0.317 e. The van der Waals surface area contributed by atoms with E-state index in [1.807, 2.05) is 32.0 Å². The molecule has 0 radical (unpaired) electrons. The minimum absolute atomic E-state index is 1.09. The Labute approximate surface area is 86.8 Å². The molecule has 14 heavy (non-hydrogen) atoms. The normalized spacial score (nSPS) is 15.6. The van der Waals surface area contributed by atoms with Crippen molar-refractivity contribution in [2.24, 2.45) is 0 Å². The molecule has 1 fully saturated rings. The summed E-state index contributed by atoms with van der Waals surface area (Å²) in [5.41, 5.74) is 2.18. The number of pyridine rings is 1.